The lowest BCUT2D eigenvalue weighted by atomic mass is 10.1. The maximum atomic E-state index is 13.3. The monoisotopic (exact) mass is 273 g/mol. The van der Waals surface area contributed by atoms with Gasteiger partial charge in [0.15, 0.2) is 0 Å². The fraction of sp³-hybridized carbons (Fsp3) is 0.294. The van der Waals surface area contributed by atoms with E-state index in [1.165, 1.54) is 6.07 Å². The number of para-hydroxylation sites is 2. The zero-order valence-electron chi connectivity index (χ0n) is 11.9. The van der Waals surface area contributed by atoms with E-state index in [-0.39, 0.29) is 5.82 Å². The highest BCUT2D eigenvalue weighted by molar-refractivity contribution is 5.56. The Labute approximate surface area is 119 Å². The third-order valence-corrected chi connectivity index (χ3v) is 3.13. The van der Waals surface area contributed by atoms with Crippen molar-refractivity contribution in [3.05, 3.63) is 59.4 Å². The summed E-state index contributed by atoms with van der Waals surface area (Å²) in [5.41, 5.74) is 2.96. The Morgan fingerprint density at radius 1 is 1.15 bits per heavy atom. The standard InChI is InChI=1S/C17H20FNO/c1-3-10-20-17-7-5-4-6-16(17)19-12-14-11-15(18)9-8-13(14)2/h4-9,11,19H,3,10,12H2,1-2H3. The van der Waals surface area contributed by atoms with Gasteiger partial charge in [-0.05, 0) is 48.7 Å². The van der Waals surface area contributed by atoms with Crippen LogP contribution in [0.1, 0.15) is 24.5 Å². The van der Waals surface area contributed by atoms with Gasteiger partial charge in [-0.15, -0.1) is 0 Å². The van der Waals surface area contributed by atoms with Crippen LogP contribution in [0.3, 0.4) is 0 Å². The van der Waals surface area contributed by atoms with Gasteiger partial charge >= 0.3 is 0 Å². The molecule has 1 N–H and O–H groups in total. The van der Waals surface area contributed by atoms with Crippen LogP contribution in [0.4, 0.5) is 10.1 Å². The van der Waals surface area contributed by atoms with Crippen molar-refractivity contribution in [1.29, 1.82) is 0 Å². The van der Waals surface area contributed by atoms with Crippen molar-refractivity contribution in [3.8, 4) is 5.75 Å². The predicted octanol–water partition coefficient (Wildman–Crippen LogP) is 4.54. The third kappa shape index (κ3) is 3.73. The zero-order chi connectivity index (χ0) is 14.4. The van der Waals surface area contributed by atoms with Crippen molar-refractivity contribution < 1.29 is 9.13 Å². The highest BCUT2D eigenvalue weighted by Gasteiger charge is 2.04. The Kier molecular flexibility index (Phi) is 4.99. The number of anilines is 1. The van der Waals surface area contributed by atoms with Crippen LogP contribution in [0.2, 0.25) is 0 Å². The predicted molar refractivity (Wildman–Crippen MR) is 80.7 cm³/mol. The van der Waals surface area contributed by atoms with Crippen LogP contribution >= 0.6 is 0 Å². The first-order valence-corrected chi connectivity index (χ1v) is 6.91. The molecule has 0 aliphatic carbocycles. The summed E-state index contributed by atoms with van der Waals surface area (Å²) in [6.45, 7) is 5.33. The Balaban J connectivity index is 2.08. The fourth-order valence-corrected chi connectivity index (χ4v) is 1.97. The number of hydrogen-bond acceptors (Lipinski definition) is 2. The van der Waals surface area contributed by atoms with Crippen molar-refractivity contribution >= 4 is 5.69 Å². The molecular weight excluding hydrogens is 253 g/mol. The molecule has 0 fully saturated rings. The van der Waals surface area contributed by atoms with E-state index in [4.69, 9.17) is 4.74 Å². The zero-order valence-corrected chi connectivity index (χ0v) is 11.9. The number of aryl methyl sites for hydroxylation is 1. The van der Waals surface area contributed by atoms with Crippen LogP contribution in [0.15, 0.2) is 42.5 Å². The topological polar surface area (TPSA) is 21.3 Å². The van der Waals surface area contributed by atoms with E-state index < -0.39 is 0 Å². The Morgan fingerprint density at radius 2 is 1.95 bits per heavy atom. The SMILES string of the molecule is CCCOc1ccccc1NCc1cc(F)ccc1C. The molecule has 0 aromatic heterocycles. The molecule has 2 nitrogen and oxygen atoms in total. The van der Waals surface area contributed by atoms with Crippen LogP contribution in [0.25, 0.3) is 0 Å². The molecule has 0 saturated heterocycles. The van der Waals surface area contributed by atoms with E-state index in [1.54, 1.807) is 12.1 Å². The maximum Gasteiger partial charge on any atom is 0.142 e. The summed E-state index contributed by atoms with van der Waals surface area (Å²) in [6.07, 6.45) is 0.970. The Hall–Kier alpha value is -2.03. The van der Waals surface area contributed by atoms with Crippen LogP contribution in [0.5, 0.6) is 5.75 Å². The molecule has 0 amide bonds. The van der Waals surface area contributed by atoms with E-state index in [1.807, 2.05) is 31.2 Å². The molecular formula is C17H20FNO. The van der Waals surface area contributed by atoms with E-state index in [0.29, 0.717) is 13.2 Å². The van der Waals surface area contributed by atoms with Gasteiger partial charge in [-0.3, -0.25) is 0 Å². The summed E-state index contributed by atoms with van der Waals surface area (Å²) < 4.78 is 19.0. The van der Waals surface area contributed by atoms with Crippen molar-refractivity contribution in [2.75, 3.05) is 11.9 Å². The van der Waals surface area contributed by atoms with Crippen molar-refractivity contribution in [1.82, 2.24) is 0 Å². The molecule has 0 unspecified atom stereocenters. The molecule has 0 atom stereocenters. The molecule has 3 heteroatoms. The Morgan fingerprint density at radius 3 is 2.75 bits per heavy atom. The van der Waals surface area contributed by atoms with Crippen LogP contribution in [-0.2, 0) is 6.54 Å². The number of nitrogens with one attached hydrogen (secondary N) is 1. The summed E-state index contributed by atoms with van der Waals surface area (Å²) in [7, 11) is 0. The minimum absolute atomic E-state index is 0.206. The Bertz CT molecular complexity index is 569. The van der Waals surface area contributed by atoms with E-state index in [0.717, 1.165) is 29.0 Å². The number of hydrogen-bond donors (Lipinski definition) is 1. The molecule has 0 aliphatic rings. The largest absolute Gasteiger partial charge is 0.491 e. The molecule has 0 spiro atoms. The lowest BCUT2D eigenvalue weighted by molar-refractivity contribution is 0.319. The molecule has 0 saturated carbocycles. The van der Waals surface area contributed by atoms with Gasteiger partial charge in [-0.2, -0.15) is 0 Å². The fourth-order valence-electron chi connectivity index (χ4n) is 1.97. The molecule has 0 radical (unpaired) electrons. The first kappa shape index (κ1) is 14.4. The van der Waals surface area contributed by atoms with Crippen LogP contribution in [-0.4, -0.2) is 6.61 Å². The number of benzene rings is 2. The van der Waals surface area contributed by atoms with Crippen molar-refractivity contribution in [3.63, 3.8) is 0 Å². The molecule has 0 bridgehead atoms. The highest BCUT2D eigenvalue weighted by atomic mass is 19.1. The van der Waals surface area contributed by atoms with Gasteiger partial charge in [0.2, 0.25) is 0 Å². The highest BCUT2D eigenvalue weighted by Crippen LogP contribution is 2.25. The lowest BCUT2D eigenvalue weighted by Crippen LogP contribution is -2.04. The summed E-state index contributed by atoms with van der Waals surface area (Å²) in [4.78, 5) is 0. The maximum absolute atomic E-state index is 13.3. The molecule has 2 aromatic carbocycles. The molecule has 0 heterocycles. The second-order valence-electron chi connectivity index (χ2n) is 4.77. The van der Waals surface area contributed by atoms with Gasteiger partial charge in [-0.25, -0.2) is 4.39 Å². The van der Waals surface area contributed by atoms with E-state index in [2.05, 4.69) is 12.2 Å². The smallest absolute Gasteiger partial charge is 0.142 e. The van der Waals surface area contributed by atoms with Gasteiger partial charge in [0.25, 0.3) is 0 Å². The first-order chi connectivity index (χ1) is 9.70. The number of halogens is 1. The van der Waals surface area contributed by atoms with Crippen molar-refractivity contribution in [2.45, 2.75) is 26.8 Å². The average Bonchev–Trinajstić information content (AvgIpc) is 2.47. The summed E-state index contributed by atoms with van der Waals surface area (Å²) in [6, 6.07) is 12.7. The number of rotatable bonds is 6. The summed E-state index contributed by atoms with van der Waals surface area (Å²) >= 11 is 0. The second-order valence-corrected chi connectivity index (χ2v) is 4.77. The third-order valence-electron chi connectivity index (χ3n) is 3.13. The quantitative estimate of drug-likeness (QED) is 0.834. The second kappa shape index (κ2) is 6.94. The van der Waals surface area contributed by atoms with Gasteiger partial charge < -0.3 is 10.1 Å². The lowest BCUT2D eigenvalue weighted by Gasteiger charge is -2.14. The van der Waals surface area contributed by atoms with Gasteiger partial charge in [-0.1, -0.05) is 25.1 Å². The average molecular weight is 273 g/mol. The summed E-state index contributed by atoms with van der Waals surface area (Å²) in [5, 5.41) is 3.31. The van der Waals surface area contributed by atoms with Crippen molar-refractivity contribution in [2.24, 2.45) is 0 Å². The van der Waals surface area contributed by atoms with Gasteiger partial charge in [0.1, 0.15) is 11.6 Å². The van der Waals surface area contributed by atoms with Crippen LogP contribution in [0, 0.1) is 12.7 Å². The van der Waals surface area contributed by atoms with E-state index in [9.17, 15) is 4.39 Å². The summed E-state index contributed by atoms with van der Waals surface area (Å²) in [5.74, 6) is 0.631. The molecule has 20 heavy (non-hydrogen) atoms. The molecule has 2 aromatic rings. The molecule has 0 aliphatic heterocycles. The van der Waals surface area contributed by atoms with Gasteiger partial charge in [0.05, 0.1) is 12.3 Å². The first-order valence-electron chi connectivity index (χ1n) is 6.91. The minimum atomic E-state index is -0.206. The van der Waals surface area contributed by atoms with E-state index >= 15 is 0 Å². The van der Waals surface area contributed by atoms with Crippen LogP contribution < -0.4 is 10.1 Å². The normalized spacial score (nSPS) is 10.3. The molecule has 106 valence electrons. The minimum Gasteiger partial charge on any atom is -0.491 e. The number of ether oxygens (including phenoxy) is 1. The molecule has 2 rings (SSSR count). The van der Waals surface area contributed by atoms with Gasteiger partial charge in [0, 0.05) is 6.54 Å².